The molecule has 1 fully saturated rings. The standard InChI is InChI=1S/C9H8N2O.C9H14N2/c1-6-10-8-5-3-2-4-7(8)9(12)11-6;1-2-8-11(7-1)9-3-5-10-6-4-9/h2-5H,1H3,(H,10,11,12);1-2,7-10H,3-6H2. The maximum absolute atomic E-state index is 11.3. The molecule has 0 aliphatic carbocycles. The first-order valence-corrected chi connectivity index (χ1v) is 8.03. The molecule has 3 heterocycles. The SMILES string of the molecule is Cc1nc2ccccc2c(=O)[nH]1.c1ccn(C2CCNCC2)c1. The second-order valence-corrected chi connectivity index (χ2v) is 5.78. The number of nitrogens with zero attached hydrogens (tertiary/aromatic N) is 2. The Morgan fingerprint density at radius 1 is 1.09 bits per heavy atom. The first kappa shape index (κ1) is 15.5. The molecule has 120 valence electrons. The summed E-state index contributed by atoms with van der Waals surface area (Å²) in [5.74, 6) is 0.652. The van der Waals surface area contributed by atoms with Gasteiger partial charge in [0.2, 0.25) is 0 Å². The largest absolute Gasteiger partial charge is 0.351 e. The maximum Gasteiger partial charge on any atom is 0.258 e. The summed E-state index contributed by atoms with van der Waals surface area (Å²) in [4.78, 5) is 18.1. The van der Waals surface area contributed by atoms with Crippen molar-refractivity contribution < 1.29 is 0 Å². The zero-order chi connectivity index (χ0) is 16.1. The van der Waals surface area contributed by atoms with Crippen molar-refractivity contribution in [2.45, 2.75) is 25.8 Å². The zero-order valence-corrected chi connectivity index (χ0v) is 13.3. The molecule has 0 bridgehead atoms. The number of aromatic amines is 1. The number of hydrogen-bond acceptors (Lipinski definition) is 3. The maximum atomic E-state index is 11.3. The molecule has 5 nitrogen and oxygen atoms in total. The van der Waals surface area contributed by atoms with Gasteiger partial charge in [-0.1, -0.05) is 12.1 Å². The lowest BCUT2D eigenvalue weighted by Gasteiger charge is -2.23. The van der Waals surface area contributed by atoms with Gasteiger partial charge in [0.25, 0.3) is 5.56 Å². The van der Waals surface area contributed by atoms with Crippen LogP contribution in [0.2, 0.25) is 0 Å². The van der Waals surface area contributed by atoms with Crippen molar-refractivity contribution in [3.63, 3.8) is 0 Å². The van der Waals surface area contributed by atoms with E-state index in [1.165, 1.54) is 25.9 Å². The second kappa shape index (κ2) is 7.24. The summed E-state index contributed by atoms with van der Waals surface area (Å²) < 4.78 is 2.32. The van der Waals surface area contributed by atoms with Crippen molar-refractivity contribution in [2.75, 3.05) is 13.1 Å². The molecule has 0 unspecified atom stereocenters. The van der Waals surface area contributed by atoms with Crippen molar-refractivity contribution in [2.24, 2.45) is 0 Å². The van der Waals surface area contributed by atoms with Crippen LogP contribution in [0.15, 0.2) is 53.6 Å². The zero-order valence-electron chi connectivity index (χ0n) is 13.3. The minimum absolute atomic E-state index is 0.0712. The van der Waals surface area contributed by atoms with E-state index in [9.17, 15) is 4.79 Å². The lowest BCUT2D eigenvalue weighted by atomic mass is 10.1. The Morgan fingerprint density at radius 3 is 2.52 bits per heavy atom. The highest BCUT2D eigenvalue weighted by Gasteiger charge is 2.12. The fourth-order valence-corrected chi connectivity index (χ4v) is 2.90. The molecule has 2 N–H and O–H groups in total. The molecule has 0 spiro atoms. The van der Waals surface area contributed by atoms with E-state index in [1.54, 1.807) is 13.0 Å². The second-order valence-electron chi connectivity index (χ2n) is 5.78. The quantitative estimate of drug-likeness (QED) is 0.726. The molecule has 2 aromatic heterocycles. The third kappa shape index (κ3) is 3.87. The lowest BCUT2D eigenvalue weighted by molar-refractivity contribution is 0.369. The monoisotopic (exact) mass is 310 g/mol. The normalized spacial score (nSPS) is 15.2. The van der Waals surface area contributed by atoms with Crippen LogP contribution in [0.3, 0.4) is 0 Å². The van der Waals surface area contributed by atoms with Crippen LogP contribution in [0.4, 0.5) is 0 Å². The number of nitrogens with one attached hydrogen (secondary N) is 2. The number of H-pyrrole nitrogens is 1. The first-order chi connectivity index (χ1) is 11.2. The van der Waals surface area contributed by atoms with Crippen LogP contribution in [0.1, 0.15) is 24.7 Å². The molecule has 4 rings (SSSR count). The molecule has 0 amide bonds. The average Bonchev–Trinajstić information content (AvgIpc) is 3.11. The van der Waals surface area contributed by atoms with Crippen LogP contribution in [0.5, 0.6) is 0 Å². The molecule has 1 aromatic carbocycles. The highest BCUT2D eigenvalue weighted by atomic mass is 16.1. The molecule has 0 radical (unpaired) electrons. The van der Waals surface area contributed by atoms with Crippen LogP contribution in [0.25, 0.3) is 10.9 Å². The average molecular weight is 310 g/mol. The van der Waals surface area contributed by atoms with Crippen molar-refractivity contribution in [1.82, 2.24) is 19.9 Å². The van der Waals surface area contributed by atoms with Gasteiger partial charge in [-0.05, 0) is 57.1 Å². The molecule has 1 saturated heterocycles. The molecule has 0 atom stereocenters. The highest BCUT2D eigenvalue weighted by Crippen LogP contribution is 2.17. The van der Waals surface area contributed by atoms with Gasteiger partial charge < -0.3 is 14.9 Å². The van der Waals surface area contributed by atoms with Crippen LogP contribution in [-0.2, 0) is 0 Å². The van der Waals surface area contributed by atoms with E-state index in [4.69, 9.17) is 0 Å². The Bertz CT molecular complexity index is 801. The minimum Gasteiger partial charge on any atom is -0.351 e. The Hall–Kier alpha value is -2.40. The fourth-order valence-electron chi connectivity index (χ4n) is 2.90. The number of rotatable bonds is 1. The van der Waals surface area contributed by atoms with E-state index in [0.717, 1.165) is 11.6 Å². The number of piperidine rings is 1. The van der Waals surface area contributed by atoms with Crippen LogP contribution in [-0.4, -0.2) is 27.6 Å². The minimum atomic E-state index is -0.0712. The van der Waals surface area contributed by atoms with E-state index in [2.05, 4.69) is 44.4 Å². The predicted octanol–water partition coefficient (Wildman–Crippen LogP) is 2.64. The third-order valence-corrected chi connectivity index (χ3v) is 4.09. The summed E-state index contributed by atoms with van der Waals surface area (Å²) in [6.07, 6.45) is 6.87. The molecule has 23 heavy (non-hydrogen) atoms. The van der Waals surface area contributed by atoms with Gasteiger partial charge in [0.1, 0.15) is 5.82 Å². The Labute approximate surface area is 135 Å². The Balaban J connectivity index is 0.000000136. The molecular formula is C18H22N4O. The van der Waals surface area contributed by atoms with Gasteiger partial charge >= 0.3 is 0 Å². The van der Waals surface area contributed by atoms with E-state index in [-0.39, 0.29) is 5.56 Å². The Morgan fingerprint density at radius 2 is 1.78 bits per heavy atom. The van der Waals surface area contributed by atoms with Crippen molar-refractivity contribution >= 4 is 10.9 Å². The number of aromatic nitrogens is 3. The summed E-state index contributed by atoms with van der Waals surface area (Å²) in [5.41, 5.74) is 0.678. The van der Waals surface area contributed by atoms with Gasteiger partial charge in [-0.3, -0.25) is 4.79 Å². The topological polar surface area (TPSA) is 62.7 Å². The molecule has 1 aliphatic rings. The highest BCUT2D eigenvalue weighted by molar-refractivity contribution is 5.76. The number of benzene rings is 1. The van der Waals surface area contributed by atoms with E-state index in [1.807, 2.05) is 18.2 Å². The summed E-state index contributed by atoms with van der Waals surface area (Å²) in [7, 11) is 0. The van der Waals surface area contributed by atoms with Crippen LogP contribution >= 0.6 is 0 Å². The molecule has 1 aliphatic heterocycles. The van der Waals surface area contributed by atoms with Crippen molar-refractivity contribution in [1.29, 1.82) is 0 Å². The Kier molecular flexibility index (Phi) is 4.88. The molecule has 0 saturated carbocycles. The van der Waals surface area contributed by atoms with Gasteiger partial charge in [0.15, 0.2) is 0 Å². The van der Waals surface area contributed by atoms with Gasteiger partial charge in [-0.2, -0.15) is 0 Å². The van der Waals surface area contributed by atoms with Gasteiger partial charge in [-0.15, -0.1) is 0 Å². The summed E-state index contributed by atoms with van der Waals surface area (Å²) in [6.45, 7) is 4.11. The molecular weight excluding hydrogens is 288 g/mol. The van der Waals surface area contributed by atoms with E-state index >= 15 is 0 Å². The number of para-hydroxylation sites is 1. The third-order valence-electron chi connectivity index (χ3n) is 4.09. The summed E-state index contributed by atoms with van der Waals surface area (Å²) in [6, 6.07) is 12.2. The summed E-state index contributed by atoms with van der Waals surface area (Å²) >= 11 is 0. The lowest BCUT2D eigenvalue weighted by Crippen LogP contribution is -2.28. The summed E-state index contributed by atoms with van der Waals surface area (Å²) in [5, 5.41) is 4.01. The van der Waals surface area contributed by atoms with Crippen LogP contribution < -0.4 is 10.9 Å². The van der Waals surface area contributed by atoms with Gasteiger partial charge in [0, 0.05) is 18.4 Å². The molecule has 5 heteroatoms. The fraction of sp³-hybridized carbons (Fsp3) is 0.333. The number of aryl methyl sites for hydroxylation is 1. The van der Waals surface area contributed by atoms with Crippen molar-refractivity contribution in [3.05, 3.63) is 65.0 Å². The number of hydrogen-bond donors (Lipinski definition) is 2. The van der Waals surface area contributed by atoms with Gasteiger partial charge in [-0.25, -0.2) is 4.98 Å². The van der Waals surface area contributed by atoms with E-state index < -0.39 is 0 Å². The first-order valence-electron chi connectivity index (χ1n) is 8.03. The van der Waals surface area contributed by atoms with Gasteiger partial charge in [0.05, 0.1) is 10.9 Å². The smallest absolute Gasteiger partial charge is 0.258 e. The van der Waals surface area contributed by atoms with E-state index in [0.29, 0.717) is 11.2 Å². The number of fused-ring (bicyclic) bond motifs is 1. The molecule has 3 aromatic rings. The predicted molar refractivity (Wildman–Crippen MR) is 92.7 cm³/mol. The van der Waals surface area contributed by atoms with Crippen LogP contribution in [0, 0.1) is 6.92 Å². The van der Waals surface area contributed by atoms with Crippen molar-refractivity contribution in [3.8, 4) is 0 Å².